The summed E-state index contributed by atoms with van der Waals surface area (Å²) in [6.07, 6.45) is 0.577. The fourth-order valence-electron chi connectivity index (χ4n) is 1.11. The quantitative estimate of drug-likeness (QED) is 0.525. The summed E-state index contributed by atoms with van der Waals surface area (Å²) in [5.74, 6) is 0. The molecule has 0 aromatic heterocycles. The maximum atomic E-state index is 10.5. The molecule has 0 aliphatic carbocycles. The molecule has 0 bridgehead atoms. The van der Waals surface area contributed by atoms with Gasteiger partial charge in [-0.3, -0.25) is 10.1 Å². The largest absolute Gasteiger partial charge is 0.384 e. The molecule has 4 heteroatoms. The SMILES string of the molecule is COCCc1ccccc1[N+](=O)[O-]. The van der Waals surface area contributed by atoms with Crippen LogP contribution in [0.25, 0.3) is 0 Å². The molecule has 1 aromatic rings. The normalized spacial score (nSPS) is 9.92. The second-order valence-corrected chi connectivity index (χ2v) is 2.63. The number of ether oxygens (including phenoxy) is 1. The zero-order valence-electron chi connectivity index (χ0n) is 7.40. The van der Waals surface area contributed by atoms with E-state index in [1.54, 1.807) is 25.3 Å². The van der Waals surface area contributed by atoms with Crippen LogP contribution in [-0.2, 0) is 11.2 Å². The Morgan fingerprint density at radius 1 is 1.46 bits per heavy atom. The fraction of sp³-hybridized carbons (Fsp3) is 0.333. The number of nitrogens with zero attached hydrogens (tertiary/aromatic N) is 1. The molecule has 0 saturated heterocycles. The molecule has 0 heterocycles. The summed E-state index contributed by atoms with van der Waals surface area (Å²) in [4.78, 5) is 10.2. The molecule has 1 aromatic carbocycles. The van der Waals surface area contributed by atoms with Crippen molar-refractivity contribution in [2.24, 2.45) is 0 Å². The predicted octanol–water partition coefficient (Wildman–Crippen LogP) is 1.78. The molecular weight excluding hydrogens is 170 g/mol. The first-order valence-electron chi connectivity index (χ1n) is 3.97. The summed E-state index contributed by atoms with van der Waals surface area (Å²) in [6.45, 7) is 0.505. The van der Waals surface area contributed by atoms with Gasteiger partial charge in [0.2, 0.25) is 0 Å². The lowest BCUT2D eigenvalue weighted by molar-refractivity contribution is -0.385. The van der Waals surface area contributed by atoms with Gasteiger partial charge in [0.1, 0.15) is 0 Å². The second kappa shape index (κ2) is 4.57. The molecule has 13 heavy (non-hydrogen) atoms. The van der Waals surface area contributed by atoms with Crippen molar-refractivity contribution in [2.45, 2.75) is 6.42 Å². The topological polar surface area (TPSA) is 52.4 Å². The van der Waals surface area contributed by atoms with Gasteiger partial charge >= 0.3 is 0 Å². The molecule has 1 rings (SSSR count). The summed E-state index contributed by atoms with van der Waals surface area (Å²) in [7, 11) is 1.58. The minimum atomic E-state index is -0.370. The van der Waals surface area contributed by atoms with Gasteiger partial charge in [-0.1, -0.05) is 18.2 Å². The molecule has 0 radical (unpaired) electrons. The Kier molecular flexibility index (Phi) is 3.40. The summed E-state index contributed by atoms with van der Waals surface area (Å²) in [5, 5.41) is 10.5. The molecule has 0 saturated carbocycles. The average Bonchev–Trinajstić information content (AvgIpc) is 2.15. The van der Waals surface area contributed by atoms with Crippen LogP contribution in [0.4, 0.5) is 5.69 Å². The molecule has 0 unspecified atom stereocenters. The summed E-state index contributed by atoms with van der Waals surface area (Å²) in [5.41, 5.74) is 0.883. The minimum Gasteiger partial charge on any atom is -0.384 e. The summed E-state index contributed by atoms with van der Waals surface area (Å²) in [6, 6.07) is 6.70. The van der Waals surface area contributed by atoms with Crippen molar-refractivity contribution in [1.82, 2.24) is 0 Å². The summed E-state index contributed by atoms with van der Waals surface area (Å²) < 4.78 is 4.86. The van der Waals surface area contributed by atoms with E-state index in [-0.39, 0.29) is 10.6 Å². The van der Waals surface area contributed by atoms with E-state index < -0.39 is 0 Å². The van der Waals surface area contributed by atoms with E-state index >= 15 is 0 Å². The highest BCUT2D eigenvalue weighted by atomic mass is 16.6. The van der Waals surface area contributed by atoms with Crippen molar-refractivity contribution in [1.29, 1.82) is 0 Å². The third kappa shape index (κ3) is 2.52. The van der Waals surface area contributed by atoms with Crippen LogP contribution in [0, 0.1) is 10.1 Å². The molecule has 0 aliphatic rings. The first kappa shape index (κ1) is 9.67. The zero-order valence-corrected chi connectivity index (χ0v) is 7.40. The van der Waals surface area contributed by atoms with Crippen molar-refractivity contribution in [3.05, 3.63) is 39.9 Å². The third-order valence-corrected chi connectivity index (χ3v) is 1.76. The van der Waals surface area contributed by atoms with E-state index in [4.69, 9.17) is 4.74 Å². The van der Waals surface area contributed by atoms with Gasteiger partial charge in [0.15, 0.2) is 0 Å². The number of methoxy groups -OCH3 is 1. The Balaban J connectivity index is 2.84. The molecule has 0 atom stereocenters. The van der Waals surface area contributed by atoms with Crippen molar-refractivity contribution in [3.8, 4) is 0 Å². The van der Waals surface area contributed by atoms with Crippen LogP contribution in [0.15, 0.2) is 24.3 Å². The number of rotatable bonds is 4. The first-order valence-corrected chi connectivity index (χ1v) is 3.97. The van der Waals surface area contributed by atoms with E-state index in [2.05, 4.69) is 0 Å². The van der Waals surface area contributed by atoms with Crippen LogP contribution < -0.4 is 0 Å². The van der Waals surface area contributed by atoms with Gasteiger partial charge in [-0.15, -0.1) is 0 Å². The molecule has 4 nitrogen and oxygen atoms in total. The molecular formula is C9H11NO3. The molecule has 0 spiro atoms. The Morgan fingerprint density at radius 3 is 2.77 bits per heavy atom. The highest BCUT2D eigenvalue weighted by molar-refractivity contribution is 5.39. The van der Waals surface area contributed by atoms with Crippen LogP contribution in [-0.4, -0.2) is 18.6 Å². The zero-order chi connectivity index (χ0) is 9.68. The third-order valence-electron chi connectivity index (χ3n) is 1.76. The maximum Gasteiger partial charge on any atom is 0.272 e. The predicted molar refractivity (Wildman–Crippen MR) is 48.7 cm³/mol. The molecule has 70 valence electrons. The van der Waals surface area contributed by atoms with Gasteiger partial charge in [0, 0.05) is 25.2 Å². The lowest BCUT2D eigenvalue weighted by atomic mass is 10.1. The van der Waals surface area contributed by atoms with E-state index in [1.165, 1.54) is 6.07 Å². The van der Waals surface area contributed by atoms with Crippen molar-refractivity contribution >= 4 is 5.69 Å². The lowest BCUT2D eigenvalue weighted by Crippen LogP contribution is -1.99. The van der Waals surface area contributed by atoms with Crippen LogP contribution in [0.5, 0.6) is 0 Å². The molecule has 0 aliphatic heterocycles. The smallest absolute Gasteiger partial charge is 0.272 e. The van der Waals surface area contributed by atoms with Crippen molar-refractivity contribution in [3.63, 3.8) is 0 Å². The van der Waals surface area contributed by atoms with E-state index in [0.29, 0.717) is 18.6 Å². The van der Waals surface area contributed by atoms with Crippen molar-refractivity contribution < 1.29 is 9.66 Å². The van der Waals surface area contributed by atoms with Crippen LogP contribution in [0.3, 0.4) is 0 Å². The molecule has 0 N–H and O–H groups in total. The van der Waals surface area contributed by atoms with E-state index in [0.717, 1.165) is 0 Å². The van der Waals surface area contributed by atoms with Gasteiger partial charge in [-0.2, -0.15) is 0 Å². The number of hydrogen-bond acceptors (Lipinski definition) is 3. The van der Waals surface area contributed by atoms with Crippen LogP contribution in [0.1, 0.15) is 5.56 Å². The molecule has 0 fully saturated rings. The Hall–Kier alpha value is -1.42. The number of nitro benzene ring substituents is 1. The number of nitro groups is 1. The van der Waals surface area contributed by atoms with Gasteiger partial charge < -0.3 is 4.74 Å². The Bertz CT molecular complexity index is 299. The average molecular weight is 181 g/mol. The maximum absolute atomic E-state index is 10.5. The molecule has 0 amide bonds. The van der Waals surface area contributed by atoms with E-state index in [1.807, 2.05) is 0 Å². The Labute approximate surface area is 76.3 Å². The second-order valence-electron chi connectivity index (χ2n) is 2.63. The van der Waals surface area contributed by atoms with Gasteiger partial charge in [-0.05, 0) is 0 Å². The fourth-order valence-corrected chi connectivity index (χ4v) is 1.11. The minimum absolute atomic E-state index is 0.166. The lowest BCUT2D eigenvalue weighted by Gasteiger charge is -2.00. The number of para-hydroxylation sites is 1. The van der Waals surface area contributed by atoms with E-state index in [9.17, 15) is 10.1 Å². The Morgan fingerprint density at radius 2 is 2.15 bits per heavy atom. The standard InChI is InChI=1S/C9H11NO3/c1-13-7-6-8-4-2-3-5-9(8)10(11)12/h2-5H,6-7H2,1H3. The number of hydrogen-bond donors (Lipinski definition) is 0. The van der Waals surface area contributed by atoms with Crippen LogP contribution >= 0.6 is 0 Å². The van der Waals surface area contributed by atoms with Gasteiger partial charge in [-0.25, -0.2) is 0 Å². The monoisotopic (exact) mass is 181 g/mol. The first-order chi connectivity index (χ1) is 6.25. The summed E-state index contributed by atoms with van der Waals surface area (Å²) >= 11 is 0. The highest BCUT2D eigenvalue weighted by Gasteiger charge is 2.10. The van der Waals surface area contributed by atoms with Gasteiger partial charge in [0.05, 0.1) is 11.5 Å². The van der Waals surface area contributed by atoms with Gasteiger partial charge in [0.25, 0.3) is 5.69 Å². The highest BCUT2D eigenvalue weighted by Crippen LogP contribution is 2.17. The van der Waals surface area contributed by atoms with Crippen LogP contribution in [0.2, 0.25) is 0 Å². The van der Waals surface area contributed by atoms with Crippen molar-refractivity contribution in [2.75, 3.05) is 13.7 Å². The number of benzene rings is 1.